The first-order valence-electron chi connectivity index (χ1n) is 10.1. The first kappa shape index (κ1) is 21.4. The smallest absolute Gasteiger partial charge is 0.223 e. The number of hydrogen-bond acceptors (Lipinski definition) is 3. The van der Waals surface area contributed by atoms with Crippen LogP contribution in [0.3, 0.4) is 0 Å². The lowest BCUT2D eigenvalue weighted by Gasteiger charge is -2.32. The summed E-state index contributed by atoms with van der Waals surface area (Å²) in [4.78, 5) is 15.5. The fourth-order valence-electron chi connectivity index (χ4n) is 3.91. The third-order valence-corrected chi connectivity index (χ3v) is 6.85. The maximum absolute atomic E-state index is 13.1. The molecule has 3 aromatic rings. The summed E-state index contributed by atoms with van der Waals surface area (Å²) in [6, 6.07) is 17.6. The number of carbonyl (C=O) groups excluding carboxylic acids is 1. The molecule has 30 heavy (non-hydrogen) atoms. The summed E-state index contributed by atoms with van der Waals surface area (Å²) < 4.78 is 0. The van der Waals surface area contributed by atoms with Crippen molar-refractivity contribution in [1.29, 1.82) is 0 Å². The Kier molecular flexibility index (Phi) is 7.11. The average Bonchev–Trinajstić information content (AvgIpc) is 3.29. The molecular weight excluding hydrogens is 435 g/mol. The van der Waals surface area contributed by atoms with Crippen LogP contribution < -0.4 is 5.32 Å². The lowest BCUT2D eigenvalue weighted by Crippen LogP contribution is -2.41. The van der Waals surface area contributed by atoms with Gasteiger partial charge >= 0.3 is 0 Å². The predicted octanol–water partition coefficient (Wildman–Crippen LogP) is 6.17. The normalized spacial score (nSPS) is 16.3. The van der Waals surface area contributed by atoms with Crippen molar-refractivity contribution in [2.24, 2.45) is 5.92 Å². The number of nitrogens with zero attached hydrogens (tertiary/aromatic N) is 1. The molecule has 156 valence electrons. The van der Waals surface area contributed by atoms with Gasteiger partial charge in [-0.25, -0.2) is 0 Å². The molecule has 1 aliphatic rings. The number of thiophene rings is 1. The van der Waals surface area contributed by atoms with Crippen LogP contribution in [0.25, 0.3) is 0 Å². The monoisotopic (exact) mass is 458 g/mol. The molecule has 1 aliphatic heterocycles. The molecule has 6 heteroatoms. The van der Waals surface area contributed by atoms with Gasteiger partial charge in [0.2, 0.25) is 5.91 Å². The molecule has 0 bridgehead atoms. The number of amides is 1. The average molecular weight is 459 g/mol. The molecule has 1 amide bonds. The van der Waals surface area contributed by atoms with E-state index in [-0.39, 0.29) is 17.9 Å². The van der Waals surface area contributed by atoms with E-state index < -0.39 is 0 Å². The minimum absolute atomic E-state index is 0.0416. The number of hydrogen-bond donors (Lipinski definition) is 1. The highest BCUT2D eigenvalue weighted by Crippen LogP contribution is 2.27. The molecule has 0 saturated carbocycles. The van der Waals surface area contributed by atoms with Gasteiger partial charge in [0.25, 0.3) is 0 Å². The van der Waals surface area contributed by atoms with Crippen molar-refractivity contribution in [3.8, 4) is 0 Å². The number of rotatable bonds is 6. The van der Waals surface area contributed by atoms with E-state index in [1.807, 2.05) is 41.8 Å². The second-order valence-electron chi connectivity index (χ2n) is 7.73. The lowest BCUT2D eigenvalue weighted by atomic mass is 9.94. The van der Waals surface area contributed by atoms with Crippen molar-refractivity contribution in [3.63, 3.8) is 0 Å². The van der Waals surface area contributed by atoms with Gasteiger partial charge in [-0.15, -0.1) is 0 Å². The molecule has 1 fully saturated rings. The Hall–Kier alpha value is -1.85. The zero-order chi connectivity index (χ0) is 20.9. The Morgan fingerprint density at radius 3 is 2.20 bits per heavy atom. The Balaban J connectivity index is 1.36. The fraction of sp³-hybridized carbons (Fsp3) is 0.292. The van der Waals surface area contributed by atoms with Gasteiger partial charge < -0.3 is 5.32 Å². The van der Waals surface area contributed by atoms with Gasteiger partial charge in [0.05, 0.1) is 6.04 Å². The van der Waals surface area contributed by atoms with Crippen molar-refractivity contribution >= 4 is 40.4 Å². The molecule has 3 nitrogen and oxygen atoms in total. The second kappa shape index (κ2) is 9.97. The first-order valence-corrected chi connectivity index (χ1v) is 11.8. The lowest BCUT2D eigenvalue weighted by molar-refractivity contribution is -0.127. The Bertz CT molecular complexity index is 950. The maximum atomic E-state index is 13.1. The van der Waals surface area contributed by atoms with Crippen molar-refractivity contribution in [3.05, 3.63) is 92.1 Å². The number of likely N-dealkylation sites (tertiary alicyclic amines) is 1. The Morgan fingerprint density at radius 1 is 0.967 bits per heavy atom. The highest BCUT2D eigenvalue weighted by atomic mass is 35.5. The molecule has 1 N–H and O–H groups in total. The number of nitrogens with one attached hydrogen (secondary N) is 1. The molecule has 1 aromatic heterocycles. The second-order valence-corrected chi connectivity index (χ2v) is 9.38. The number of carbonyl (C=O) groups is 1. The Labute approximate surface area is 191 Å². The van der Waals surface area contributed by atoms with E-state index in [4.69, 9.17) is 23.2 Å². The predicted molar refractivity (Wildman–Crippen MR) is 125 cm³/mol. The highest BCUT2D eigenvalue weighted by Gasteiger charge is 2.27. The van der Waals surface area contributed by atoms with Gasteiger partial charge in [-0.1, -0.05) is 47.5 Å². The van der Waals surface area contributed by atoms with Gasteiger partial charge in [-0.2, -0.15) is 11.3 Å². The van der Waals surface area contributed by atoms with Crippen LogP contribution in [0.2, 0.25) is 10.0 Å². The minimum Gasteiger partial charge on any atom is -0.345 e. The van der Waals surface area contributed by atoms with Crippen LogP contribution in [-0.4, -0.2) is 23.9 Å². The third-order valence-electron chi connectivity index (χ3n) is 5.64. The first-order chi connectivity index (χ1) is 14.6. The molecule has 4 rings (SSSR count). The molecule has 2 aromatic carbocycles. The largest absolute Gasteiger partial charge is 0.345 e. The standard InChI is InChI=1S/C24H24Cl2N2OS/c25-21-5-1-17(2-6-21)15-28-12-9-19(10-13-28)24(29)27-23(20-11-14-30-16-20)18-3-7-22(26)8-4-18/h1-8,11,14,16,19,23H,9-10,12-13,15H2,(H,27,29). The maximum Gasteiger partial charge on any atom is 0.223 e. The van der Waals surface area contributed by atoms with E-state index in [0.717, 1.165) is 48.6 Å². The molecule has 0 spiro atoms. The van der Waals surface area contributed by atoms with Crippen LogP contribution in [0.4, 0.5) is 0 Å². The van der Waals surface area contributed by atoms with Crippen molar-refractivity contribution in [2.75, 3.05) is 13.1 Å². The van der Waals surface area contributed by atoms with Crippen LogP contribution in [-0.2, 0) is 11.3 Å². The fourth-order valence-corrected chi connectivity index (χ4v) is 4.85. The molecule has 0 radical (unpaired) electrons. The van der Waals surface area contributed by atoms with Crippen LogP contribution in [0.5, 0.6) is 0 Å². The van der Waals surface area contributed by atoms with Crippen LogP contribution >= 0.6 is 34.5 Å². The number of benzene rings is 2. The summed E-state index contributed by atoms with van der Waals surface area (Å²) in [7, 11) is 0. The molecule has 0 aliphatic carbocycles. The Morgan fingerprint density at radius 2 is 1.60 bits per heavy atom. The summed E-state index contributed by atoms with van der Waals surface area (Å²) >= 11 is 13.7. The molecule has 1 atom stereocenters. The van der Waals surface area contributed by atoms with E-state index in [1.54, 1.807) is 11.3 Å². The van der Waals surface area contributed by atoms with Crippen LogP contribution in [0.15, 0.2) is 65.4 Å². The van der Waals surface area contributed by atoms with E-state index in [9.17, 15) is 4.79 Å². The van der Waals surface area contributed by atoms with Crippen molar-refractivity contribution in [1.82, 2.24) is 10.2 Å². The van der Waals surface area contributed by atoms with Gasteiger partial charge in [0.15, 0.2) is 0 Å². The van der Waals surface area contributed by atoms with Gasteiger partial charge in [-0.05, 0) is 83.7 Å². The van der Waals surface area contributed by atoms with E-state index in [0.29, 0.717) is 5.02 Å². The SMILES string of the molecule is O=C(NC(c1ccc(Cl)cc1)c1ccsc1)C1CCN(Cc2ccc(Cl)cc2)CC1. The summed E-state index contributed by atoms with van der Waals surface area (Å²) in [5.41, 5.74) is 3.41. The summed E-state index contributed by atoms with van der Waals surface area (Å²) in [6.07, 6.45) is 1.74. The quantitative estimate of drug-likeness (QED) is 0.478. The number of piperidine rings is 1. The summed E-state index contributed by atoms with van der Waals surface area (Å²) in [5.74, 6) is 0.173. The van der Waals surface area contributed by atoms with Gasteiger partial charge in [0.1, 0.15) is 0 Å². The van der Waals surface area contributed by atoms with Crippen molar-refractivity contribution < 1.29 is 4.79 Å². The van der Waals surface area contributed by atoms with Crippen molar-refractivity contribution in [2.45, 2.75) is 25.4 Å². The zero-order valence-corrected chi connectivity index (χ0v) is 18.9. The van der Waals surface area contributed by atoms with Gasteiger partial charge in [0, 0.05) is 22.5 Å². The molecule has 1 saturated heterocycles. The van der Waals surface area contributed by atoms with Gasteiger partial charge in [-0.3, -0.25) is 9.69 Å². The van der Waals surface area contributed by atoms with E-state index in [2.05, 4.69) is 33.8 Å². The van der Waals surface area contributed by atoms with Crippen LogP contribution in [0, 0.1) is 5.92 Å². The topological polar surface area (TPSA) is 32.3 Å². The minimum atomic E-state index is -0.145. The highest BCUT2D eigenvalue weighted by molar-refractivity contribution is 7.08. The number of halogens is 2. The summed E-state index contributed by atoms with van der Waals surface area (Å²) in [6.45, 7) is 2.74. The molecule has 1 unspecified atom stereocenters. The summed E-state index contributed by atoms with van der Waals surface area (Å²) in [5, 5.41) is 8.88. The third kappa shape index (κ3) is 5.44. The van der Waals surface area contributed by atoms with E-state index in [1.165, 1.54) is 5.56 Å². The molecular formula is C24H24Cl2N2OS. The van der Waals surface area contributed by atoms with E-state index >= 15 is 0 Å². The van der Waals surface area contributed by atoms with Crippen LogP contribution in [0.1, 0.15) is 35.6 Å². The zero-order valence-electron chi connectivity index (χ0n) is 16.6. The molecule has 2 heterocycles.